The largest absolute Gasteiger partial charge is 0.481 e. The van der Waals surface area contributed by atoms with Crippen LogP contribution in [0.3, 0.4) is 0 Å². The van der Waals surface area contributed by atoms with Crippen LogP contribution >= 0.6 is 0 Å². The van der Waals surface area contributed by atoms with Crippen molar-refractivity contribution in [1.82, 2.24) is 10.2 Å². The normalized spacial score (nSPS) is 11.7. The summed E-state index contributed by atoms with van der Waals surface area (Å²) in [6.07, 6.45) is 0. The molecule has 126 valence electrons. The molecule has 1 aromatic carbocycles. The highest BCUT2D eigenvalue weighted by Crippen LogP contribution is 2.11. The van der Waals surface area contributed by atoms with Gasteiger partial charge in [-0.2, -0.15) is 0 Å². The molecule has 0 radical (unpaired) electrons. The Kier molecular flexibility index (Phi) is 6.56. The van der Waals surface area contributed by atoms with E-state index in [4.69, 9.17) is 5.11 Å². The summed E-state index contributed by atoms with van der Waals surface area (Å²) in [6.45, 7) is 5.39. The van der Waals surface area contributed by atoms with Crippen LogP contribution in [0.5, 0.6) is 0 Å². The fourth-order valence-electron chi connectivity index (χ4n) is 1.84. The van der Waals surface area contributed by atoms with Gasteiger partial charge in [-0.05, 0) is 38.1 Å². The predicted molar refractivity (Wildman–Crippen MR) is 87.5 cm³/mol. The first-order valence-electron chi connectivity index (χ1n) is 7.36. The molecule has 0 spiro atoms. The van der Waals surface area contributed by atoms with Crippen molar-refractivity contribution in [1.29, 1.82) is 0 Å². The average molecular weight is 321 g/mol. The van der Waals surface area contributed by atoms with Crippen LogP contribution < -0.4 is 10.6 Å². The molecular weight excluding hydrogens is 298 g/mol. The number of carboxylic acids is 1. The summed E-state index contributed by atoms with van der Waals surface area (Å²) < 4.78 is 0. The maximum absolute atomic E-state index is 12.0. The van der Waals surface area contributed by atoms with E-state index in [2.05, 4.69) is 10.6 Å². The lowest BCUT2D eigenvalue weighted by Gasteiger charge is -2.20. The number of rotatable bonds is 6. The van der Waals surface area contributed by atoms with E-state index in [1.807, 2.05) is 13.8 Å². The number of nitrogens with zero attached hydrogens (tertiary/aromatic N) is 1. The lowest BCUT2D eigenvalue weighted by Crippen LogP contribution is -2.36. The first-order chi connectivity index (χ1) is 10.7. The van der Waals surface area contributed by atoms with Crippen molar-refractivity contribution in [3.8, 4) is 0 Å². The van der Waals surface area contributed by atoms with E-state index in [0.29, 0.717) is 11.3 Å². The quantitative estimate of drug-likeness (QED) is 0.746. The van der Waals surface area contributed by atoms with Gasteiger partial charge in [0.05, 0.1) is 5.92 Å². The molecule has 1 aromatic rings. The van der Waals surface area contributed by atoms with E-state index in [0.717, 1.165) is 0 Å². The molecule has 7 nitrogen and oxygen atoms in total. The molecule has 0 aliphatic rings. The minimum atomic E-state index is -0.954. The minimum Gasteiger partial charge on any atom is -0.481 e. The first-order valence-corrected chi connectivity index (χ1v) is 7.36. The molecular formula is C16H23N3O4. The number of hydrogen-bond acceptors (Lipinski definition) is 3. The third kappa shape index (κ3) is 5.98. The zero-order chi connectivity index (χ0) is 17.6. The molecule has 0 bridgehead atoms. The van der Waals surface area contributed by atoms with E-state index in [9.17, 15) is 14.4 Å². The van der Waals surface area contributed by atoms with Crippen molar-refractivity contribution in [2.24, 2.45) is 5.92 Å². The number of benzene rings is 1. The maximum atomic E-state index is 12.0. The molecule has 0 aliphatic carbocycles. The number of anilines is 1. The fraction of sp³-hybridized carbons (Fsp3) is 0.438. The number of aliphatic carboxylic acids is 1. The van der Waals surface area contributed by atoms with Crippen molar-refractivity contribution in [2.75, 3.05) is 18.9 Å². The Labute approximate surface area is 135 Å². The number of carbonyl (C=O) groups excluding carboxylic acids is 2. The Balaban J connectivity index is 2.62. The van der Waals surface area contributed by atoms with Crippen LogP contribution in [0.15, 0.2) is 24.3 Å². The molecule has 23 heavy (non-hydrogen) atoms. The molecule has 0 aromatic heterocycles. The molecule has 1 unspecified atom stereocenters. The molecule has 0 saturated carbocycles. The third-order valence-electron chi connectivity index (χ3n) is 3.13. The Hall–Kier alpha value is -2.57. The standard InChI is InChI=1S/C16H23N3O4/c1-10(2)17-14(20)12-5-7-13(8-6-12)18-16(23)19(4)9-11(3)15(21)22/h5-8,10-11H,9H2,1-4H3,(H,17,20)(H,18,23)(H,21,22). The monoisotopic (exact) mass is 321 g/mol. The SMILES string of the molecule is CC(C)NC(=O)c1ccc(NC(=O)N(C)CC(C)C(=O)O)cc1. The maximum Gasteiger partial charge on any atom is 0.321 e. The summed E-state index contributed by atoms with van der Waals surface area (Å²) in [4.78, 5) is 35.9. The zero-order valence-corrected chi connectivity index (χ0v) is 13.8. The van der Waals surface area contributed by atoms with Crippen LogP contribution in [0, 0.1) is 5.92 Å². The van der Waals surface area contributed by atoms with Crippen molar-refractivity contribution in [3.05, 3.63) is 29.8 Å². The fourth-order valence-corrected chi connectivity index (χ4v) is 1.84. The minimum absolute atomic E-state index is 0.0479. The van der Waals surface area contributed by atoms with Gasteiger partial charge >= 0.3 is 12.0 Å². The molecule has 3 N–H and O–H groups in total. The number of carboxylic acid groups (broad SMARTS) is 1. The summed E-state index contributed by atoms with van der Waals surface area (Å²) in [5, 5.41) is 14.3. The van der Waals surface area contributed by atoms with Crippen LogP contribution in [-0.2, 0) is 4.79 Å². The van der Waals surface area contributed by atoms with Crippen molar-refractivity contribution in [3.63, 3.8) is 0 Å². The van der Waals surface area contributed by atoms with Crippen LogP contribution in [-0.4, -0.2) is 47.5 Å². The topological polar surface area (TPSA) is 98.7 Å². The molecule has 7 heteroatoms. The Morgan fingerprint density at radius 2 is 1.70 bits per heavy atom. The van der Waals surface area contributed by atoms with E-state index < -0.39 is 17.9 Å². The summed E-state index contributed by atoms with van der Waals surface area (Å²) in [5.41, 5.74) is 1.04. The molecule has 3 amide bonds. The second-order valence-electron chi connectivity index (χ2n) is 5.76. The summed E-state index contributed by atoms with van der Waals surface area (Å²) in [6, 6.07) is 6.13. The molecule has 0 fully saturated rings. The second-order valence-corrected chi connectivity index (χ2v) is 5.76. The zero-order valence-electron chi connectivity index (χ0n) is 13.8. The van der Waals surface area contributed by atoms with Crippen molar-refractivity contribution < 1.29 is 19.5 Å². The van der Waals surface area contributed by atoms with Gasteiger partial charge < -0.3 is 20.6 Å². The van der Waals surface area contributed by atoms with Gasteiger partial charge in [0, 0.05) is 30.9 Å². The molecule has 0 aliphatic heterocycles. The smallest absolute Gasteiger partial charge is 0.321 e. The molecule has 0 heterocycles. The average Bonchev–Trinajstić information content (AvgIpc) is 2.46. The number of carbonyl (C=O) groups is 3. The highest BCUT2D eigenvalue weighted by atomic mass is 16.4. The number of nitrogens with one attached hydrogen (secondary N) is 2. The number of hydrogen-bond donors (Lipinski definition) is 3. The van der Waals surface area contributed by atoms with Crippen molar-refractivity contribution in [2.45, 2.75) is 26.8 Å². The van der Waals surface area contributed by atoms with E-state index in [1.165, 1.54) is 18.9 Å². The Morgan fingerprint density at radius 1 is 1.13 bits per heavy atom. The van der Waals surface area contributed by atoms with Crippen LogP contribution in [0.1, 0.15) is 31.1 Å². The van der Waals surface area contributed by atoms with Gasteiger partial charge in [0.25, 0.3) is 5.91 Å². The van der Waals surface area contributed by atoms with Gasteiger partial charge in [0.1, 0.15) is 0 Å². The third-order valence-corrected chi connectivity index (χ3v) is 3.13. The van der Waals surface area contributed by atoms with Gasteiger partial charge in [-0.3, -0.25) is 9.59 Å². The van der Waals surface area contributed by atoms with E-state index >= 15 is 0 Å². The summed E-state index contributed by atoms with van der Waals surface area (Å²) in [5.74, 6) is -1.77. The first kappa shape index (κ1) is 18.5. The van der Waals surface area contributed by atoms with Crippen LogP contribution in [0.25, 0.3) is 0 Å². The van der Waals surface area contributed by atoms with E-state index in [1.54, 1.807) is 24.3 Å². The number of urea groups is 1. The molecule has 0 saturated heterocycles. The molecule has 1 atom stereocenters. The van der Waals surface area contributed by atoms with Crippen molar-refractivity contribution >= 4 is 23.6 Å². The Morgan fingerprint density at radius 3 is 2.17 bits per heavy atom. The predicted octanol–water partition coefficient (Wildman–Crippen LogP) is 2.01. The second kappa shape index (κ2) is 8.17. The highest BCUT2D eigenvalue weighted by Gasteiger charge is 2.17. The van der Waals surface area contributed by atoms with Gasteiger partial charge in [0.2, 0.25) is 0 Å². The van der Waals surface area contributed by atoms with Gasteiger partial charge in [0.15, 0.2) is 0 Å². The summed E-state index contributed by atoms with van der Waals surface area (Å²) in [7, 11) is 1.53. The highest BCUT2D eigenvalue weighted by molar-refractivity contribution is 5.95. The van der Waals surface area contributed by atoms with Crippen LogP contribution in [0.4, 0.5) is 10.5 Å². The number of amides is 3. The Bertz CT molecular complexity index is 569. The van der Waals surface area contributed by atoms with Gasteiger partial charge in [-0.25, -0.2) is 4.79 Å². The summed E-state index contributed by atoms with van der Waals surface area (Å²) >= 11 is 0. The molecule has 1 rings (SSSR count). The lowest BCUT2D eigenvalue weighted by atomic mass is 10.2. The van der Waals surface area contributed by atoms with Gasteiger partial charge in [-0.15, -0.1) is 0 Å². The van der Waals surface area contributed by atoms with Gasteiger partial charge in [-0.1, -0.05) is 6.92 Å². The van der Waals surface area contributed by atoms with Crippen LogP contribution in [0.2, 0.25) is 0 Å². The van der Waals surface area contributed by atoms with E-state index in [-0.39, 0.29) is 18.5 Å². The lowest BCUT2D eigenvalue weighted by molar-refractivity contribution is -0.141.